The summed E-state index contributed by atoms with van der Waals surface area (Å²) in [5, 5.41) is 0. The zero-order chi connectivity index (χ0) is 12.1. The number of hydrogen-bond donors (Lipinski definition) is 1. The van der Waals surface area contributed by atoms with Crippen molar-refractivity contribution in [2.45, 2.75) is 32.1 Å². The van der Waals surface area contributed by atoms with Crippen LogP contribution >= 0.6 is 12.2 Å². The molecule has 0 bridgehead atoms. The molecule has 1 aromatic rings. The zero-order valence-electron chi connectivity index (χ0n) is 10.1. The fourth-order valence-corrected chi connectivity index (χ4v) is 2.51. The van der Waals surface area contributed by atoms with Gasteiger partial charge in [0.15, 0.2) is 0 Å². The molecule has 0 aromatic carbocycles. The molecular formula is C13H19N3S. The van der Waals surface area contributed by atoms with Gasteiger partial charge >= 0.3 is 0 Å². The van der Waals surface area contributed by atoms with Gasteiger partial charge in [0.25, 0.3) is 0 Å². The number of rotatable bonds is 2. The lowest BCUT2D eigenvalue weighted by atomic mass is 10.1. The molecule has 17 heavy (non-hydrogen) atoms. The van der Waals surface area contributed by atoms with Crippen molar-refractivity contribution in [3.63, 3.8) is 0 Å². The van der Waals surface area contributed by atoms with E-state index < -0.39 is 0 Å². The van der Waals surface area contributed by atoms with Gasteiger partial charge in [-0.3, -0.25) is 4.98 Å². The molecule has 1 aromatic heterocycles. The monoisotopic (exact) mass is 249 g/mol. The van der Waals surface area contributed by atoms with Crippen molar-refractivity contribution >= 4 is 22.9 Å². The predicted molar refractivity (Wildman–Crippen MR) is 75.4 cm³/mol. The molecule has 0 spiro atoms. The van der Waals surface area contributed by atoms with Crippen molar-refractivity contribution in [1.82, 2.24) is 4.98 Å². The molecule has 0 radical (unpaired) electrons. The normalized spacial score (nSPS) is 17.3. The van der Waals surface area contributed by atoms with Crippen molar-refractivity contribution in [1.29, 1.82) is 0 Å². The van der Waals surface area contributed by atoms with Crippen molar-refractivity contribution < 1.29 is 0 Å². The van der Waals surface area contributed by atoms with E-state index in [1.54, 1.807) is 6.20 Å². The van der Waals surface area contributed by atoms with Crippen LogP contribution in [0.2, 0.25) is 0 Å². The summed E-state index contributed by atoms with van der Waals surface area (Å²) >= 11 is 5.10. The minimum absolute atomic E-state index is 0.462. The van der Waals surface area contributed by atoms with Gasteiger partial charge in [-0.15, -0.1) is 0 Å². The Labute approximate surface area is 108 Å². The van der Waals surface area contributed by atoms with Crippen LogP contribution in [0.3, 0.4) is 0 Å². The molecule has 1 aliphatic heterocycles. The lowest BCUT2D eigenvalue weighted by molar-refractivity contribution is 0.556. The Morgan fingerprint density at radius 1 is 1.18 bits per heavy atom. The third kappa shape index (κ3) is 3.16. The Balaban J connectivity index is 2.21. The van der Waals surface area contributed by atoms with Crippen LogP contribution in [0.4, 0.5) is 5.69 Å². The summed E-state index contributed by atoms with van der Waals surface area (Å²) in [5.74, 6) is 0. The van der Waals surface area contributed by atoms with Gasteiger partial charge in [0.2, 0.25) is 0 Å². The molecule has 0 aliphatic carbocycles. The summed E-state index contributed by atoms with van der Waals surface area (Å²) in [4.78, 5) is 7.04. The first kappa shape index (κ1) is 12.3. The predicted octanol–water partition coefficient (Wildman–Crippen LogP) is 2.49. The summed E-state index contributed by atoms with van der Waals surface area (Å²) in [6, 6.07) is 1.91. The Kier molecular flexibility index (Phi) is 4.31. The molecule has 4 heteroatoms. The van der Waals surface area contributed by atoms with Crippen LogP contribution in [-0.4, -0.2) is 23.1 Å². The van der Waals surface area contributed by atoms with Gasteiger partial charge in [-0.2, -0.15) is 0 Å². The number of anilines is 1. The van der Waals surface area contributed by atoms with E-state index in [1.807, 2.05) is 12.3 Å². The molecule has 0 saturated carbocycles. The van der Waals surface area contributed by atoms with Crippen molar-refractivity contribution in [2.75, 3.05) is 18.0 Å². The lowest BCUT2D eigenvalue weighted by Gasteiger charge is -2.28. The number of aromatic nitrogens is 1. The van der Waals surface area contributed by atoms with Crippen LogP contribution in [0.5, 0.6) is 0 Å². The first-order chi connectivity index (χ1) is 8.29. The smallest absolute Gasteiger partial charge is 0.106 e. The molecule has 2 heterocycles. The van der Waals surface area contributed by atoms with E-state index in [9.17, 15) is 0 Å². The summed E-state index contributed by atoms with van der Waals surface area (Å²) in [6.07, 6.45) is 10.1. The SMILES string of the molecule is NC(=S)c1ccncc1N1CCCCCCC1. The summed E-state index contributed by atoms with van der Waals surface area (Å²) < 4.78 is 0. The van der Waals surface area contributed by atoms with Gasteiger partial charge in [0.05, 0.1) is 11.9 Å². The third-order valence-electron chi connectivity index (χ3n) is 3.26. The molecule has 1 fully saturated rings. The van der Waals surface area contributed by atoms with Crippen LogP contribution in [0.1, 0.15) is 37.7 Å². The number of nitrogens with two attached hydrogens (primary N) is 1. The quantitative estimate of drug-likeness (QED) is 0.818. The van der Waals surface area contributed by atoms with Crippen LogP contribution < -0.4 is 10.6 Å². The van der Waals surface area contributed by atoms with E-state index in [4.69, 9.17) is 18.0 Å². The molecule has 1 saturated heterocycles. The Morgan fingerprint density at radius 2 is 1.82 bits per heavy atom. The molecule has 0 unspecified atom stereocenters. The second-order valence-electron chi connectivity index (χ2n) is 4.51. The third-order valence-corrected chi connectivity index (χ3v) is 3.48. The van der Waals surface area contributed by atoms with Gasteiger partial charge in [0, 0.05) is 24.8 Å². The summed E-state index contributed by atoms with van der Waals surface area (Å²) in [7, 11) is 0. The standard InChI is InChI=1S/C13H19N3S/c14-13(17)11-6-7-15-10-12(11)16-8-4-2-1-3-5-9-16/h6-7,10H,1-5,8-9H2,(H2,14,17). The van der Waals surface area contributed by atoms with E-state index in [0.29, 0.717) is 4.99 Å². The summed E-state index contributed by atoms with van der Waals surface area (Å²) in [6.45, 7) is 2.17. The number of hydrogen-bond acceptors (Lipinski definition) is 3. The van der Waals surface area contributed by atoms with Crippen LogP contribution in [-0.2, 0) is 0 Å². The maximum absolute atomic E-state index is 5.77. The van der Waals surface area contributed by atoms with Crippen LogP contribution in [0, 0.1) is 0 Å². The fourth-order valence-electron chi connectivity index (χ4n) is 2.33. The molecule has 92 valence electrons. The fraction of sp³-hybridized carbons (Fsp3) is 0.538. The van der Waals surface area contributed by atoms with Crippen molar-refractivity contribution in [3.8, 4) is 0 Å². The number of pyridine rings is 1. The van der Waals surface area contributed by atoms with Crippen molar-refractivity contribution in [2.24, 2.45) is 5.73 Å². The molecule has 0 amide bonds. The number of thiocarbonyl (C=S) groups is 1. The maximum atomic E-state index is 5.77. The van der Waals surface area contributed by atoms with E-state index in [0.717, 1.165) is 24.3 Å². The van der Waals surface area contributed by atoms with Gasteiger partial charge in [-0.05, 0) is 18.9 Å². The second kappa shape index (κ2) is 5.96. The lowest BCUT2D eigenvalue weighted by Crippen LogP contribution is -2.29. The average Bonchev–Trinajstić information content (AvgIpc) is 2.28. The van der Waals surface area contributed by atoms with E-state index >= 15 is 0 Å². The highest BCUT2D eigenvalue weighted by molar-refractivity contribution is 7.80. The first-order valence-corrected chi connectivity index (χ1v) is 6.68. The first-order valence-electron chi connectivity index (χ1n) is 6.28. The summed E-state index contributed by atoms with van der Waals surface area (Å²) in [5.41, 5.74) is 7.82. The Bertz CT molecular complexity index is 384. The molecular weight excluding hydrogens is 230 g/mol. The van der Waals surface area contributed by atoms with E-state index in [1.165, 1.54) is 32.1 Å². The minimum atomic E-state index is 0.462. The minimum Gasteiger partial charge on any atom is -0.389 e. The van der Waals surface area contributed by atoms with E-state index in [-0.39, 0.29) is 0 Å². The number of nitrogens with zero attached hydrogens (tertiary/aromatic N) is 2. The topological polar surface area (TPSA) is 42.1 Å². The second-order valence-corrected chi connectivity index (χ2v) is 4.95. The molecule has 2 N–H and O–H groups in total. The van der Waals surface area contributed by atoms with Gasteiger partial charge in [-0.25, -0.2) is 0 Å². The average molecular weight is 249 g/mol. The van der Waals surface area contributed by atoms with Crippen LogP contribution in [0.25, 0.3) is 0 Å². The van der Waals surface area contributed by atoms with Crippen molar-refractivity contribution in [3.05, 3.63) is 24.0 Å². The molecule has 2 rings (SSSR count). The molecule has 0 atom stereocenters. The van der Waals surface area contributed by atoms with Crippen LogP contribution in [0.15, 0.2) is 18.5 Å². The van der Waals surface area contributed by atoms with Gasteiger partial charge in [-0.1, -0.05) is 31.5 Å². The van der Waals surface area contributed by atoms with E-state index in [2.05, 4.69) is 9.88 Å². The Morgan fingerprint density at radius 3 is 2.47 bits per heavy atom. The highest BCUT2D eigenvalue weighted by Crippen LogP contribution is 2.22. The Hall–Kier alpha value is -1.16. The maximum Gasteiger partial charge on any atom is 0.106 e. The molecule has 1 aliphatic rings. The largest absolute Gasteiger partial charge is 0.389 e. The van der Waals surface area contributed by atoms with Gasteiger partial charge < -0.3 is 10.6 Å². The highest BCUT2D eigenvalue weighted by Gasteiger charge is 2.14. The highest BCUT2D eigenvalue weighted by atomic mass is 32.1. The molecule has 3 nitrogen and oxygen atoms in total. The zero-order valence-corrected chi connectivity index (χ0v) is 10.9. The van der Waals surface area contributed by atoms with Gasteiger partial charge in [0.1, 0.15) is 4.99 Å².